The molecule has 1 rings (SSSR count). The number of aryl methyl sites for hydroxylation is 1. The molecule has 0 aromatic carbocycles. The number of hydrogen-bond donors (Lipinski definition) is 0. The largest absolute Gasteiger partial charge is 0.460 e. The topological polar surface area (TPSA) is 30.2 Å². The number of rotatable bonds is 4. The van der Waals surface area contributed by atoms with E-state index < -0.39 is 0 Å². The van der Waals surface area contributed by atoms with E-state index in [9.17, 15) is 4.79 Å². The van der Waals surface area contributed by atoms with Crippen LogP contribution >= 0.6 is 0 Å². The molecule has 1 aromatic heterocycles. The molecule has 0 spiro atoms. The SMILES string of the molecule is CC(C)CCc1ccoc1[C]=O. The summed E-state index contributed by atoms with van der Waals surface area (Å²) in [4.78, 5) is 10.3. The van der Waals surface area contributed by atoms with Crippen molar-refractivity contribution in [3.05, 3.63) is 23.7 Å². The van der Waals surface area contributed by atoms with Gasteiger partial charge in [0.15, 0.2) is 5.76 Å². The predicted octanol–water partition coefficient (Wildman–Crippen LogP) is 2.33. The molecule has 1 radical (unpaired) electrons. The molecular formula is C10H13O2. The summed E-state index contributed by atoms with van der Waals surface area (Å²) >= 11 is 0. The minimum Gasteiger partial charge on any atom is -0.460 e. The van der Waals surface area contributed by atoms with Crippen molar-refractivity contribution in [1.82, 2.24) is 0 Å². The van der Waals surface area contributed by atoms with Crippen molar-refractivity contribution >= 4 is 6.29 Å². The molecule has 2 heteroatoms. The van der Waals surface area contributed by atoms with E-state index in [1.807, 2.05) is 6.07 Å². The van der Waals surface area contributed by atoms with Crippen LogP contribution in [0, 0.1) is 5.92 Å². The van der Waals surface area contributed by atoms with Gasteiger partial charge in [-0.15, -0.1) is 0 Å². The average molecular weight is 165 g/mol. The predicted molar refractivity (Wildman–Crippen MR) is 46.7 cm³/mol. The third kappa shape index (κ3) is 2.22. The Kier molecular flexibility index (Phi) is 3.09. The van der Waals surface area contributed by atoms with Crippen molar-refractivity contribution in [2.24, 2.45) is 5.92 Å². The fourth-order valence-electron chi connectivity index (χ4n) is 1.07. The van der Waals surface area contributed by atoms with Crippen LogP contribution in [0.2, 0.25) is 0 Å². The second-order valence-electron chi connectivity index (χ2n) is 3.31. The summed E-state index contributed by atoms with van der Waals surface area (Å²) < 4.78 is 4.92. The van der Waals surface area contributed by atoms with Gasteiger partial charge in [-0.1, -0.05) is 13.8 Å². The summed E-state index contributed by atoms with van der Waals surface area (Å²) in [7, 11) is 0. The van der Waals surface area contributed by atoms with Crippen LogP contribution in [0.3, 0.4) is 0 Å². The van der Waals surface area contributed by atoms with Gasteiger partial charge in [-0.2, -0.15) is 0 Å². The van der Waals surface area contributed by atoms with Crippen LogP contribution in [-0.2, 0) is 11.2 Å². The molecule has 2 nitrogen and oxygen atoms in total. The Bertz CT molecular complexity index is 248. The fourth-order valence-corrected chi connectivity index (χ4v) is 1.07. The van der Waals surface area contributed by atoms with Gasteiger partial charge in [0.05, 0.1) is 6.26 Å². The molecule has 0 amide bonds. The first kappa shape index (κ1) is 9.04. The Morgan fingerprint density at radius 2 is 2.33 bits per heavy atom. The molecule has 1 aromatic rings. The van der Waals surface area contributed by atoms with Crippen molar-refractivity contribution in [3.63, 3.8) is 0 Å². The number of carbonyl (C=O) groups excluding carboxylic acids is 1. The van der Waals surface area contributed by atoms with Gasteiger partial charge in [-0.05, 0) is 24.8 Å². The lowest BCUT2D eigenvalue weighted by Crippen LogP contribution is -1.93. The van der Waals surface area contributed by atoms with E-state index in [0.29, 0.717) is 11.7 Å². The zero-order valence-electron chi connectivity index (χ0n) is 7.46. The van der Waals surface area contributed by atoms with Gasteiger partial charge >= 0.3 is 0 Å². The Morgan fingerprint density at radius 1 is 1.58 bits per heavy atom. The maximum absolute atomic E-state index is 10.3. The number of hydrogen-bond acceptors (Lipinski definition) is 2. The minimum absolute atomic E-state index is 0.357. The highest BCUT2D eigenvalue weighted by Gasteiger charge is 2.05. The van der Waals surface area contributed by atoms with Crippen molar-refractivity contribution in [3.8, 4) is 0 Å². The highest BCUT2D eigenvalue weighted by Crippen LogP contribution is 2.13. The van der Waals surface area contributed by atoms with Gasteiger partial charge < -0.3 is 4.42 Å². The molecule has 0 saturated carbocycles. The maximum Gasteiger partial charge on any atom is 0.272 e. The van der Waals surface area contributed by atoms with Crippen molar-refractivity contribution < 1.29 is 9.21 Å². The van der Waals surface area contributed by atoms with E-state index >= 15 is 0 Å². The summed E-state index contributed by atoms with van der Waals surface area (Å²) in [5.41, 5.74) is 0.971. The lowest BCUT2D eigenvalue weighted by Gasteiger charge is -2.01. The van der Waals surface area contributed by atoms with E-state index in [1.54, 1.807) is 6.29 Å². The van der Waals surface area contributed by atoms with Gasteiger partial charge in [0.1, 0.15) is 0 Å². The molecule has 0 aliphatic carbocycles. The average Bonchev–Trinajstić information content (AvgIpc) is 2.47. The van der Waals surface area contributed by atoms with Crippen LogP contribution < -0.4 is 0 Å². The van der Waals surface area contributed by atoms with Crippen LogP contribution in [0.15, 0.2) is 16.7 Å². The normalized spacial score (nSPS) is 10.6. The van der Waals surface area contributed by atoms with Gasteiger partial charge in [-0.25, -0.2) is 0 Å². The highest BCUT2D eigenvalue weighted by molar-refractivity contribution is 5.73. The van der Waals surface area contributed by atoms with Crippen LogP contribution in [0.4, 0.5) is 0 Å². The molecule has 0 aliphatic rings. The molecule has 65 valence electrons. The molecule has 0 saturated heterocycles. The van der Waals surface area contributed by atoms with E-state index in [2.05, 4.69) is 13.8 Å². The van der Waals surface area contributed by atoms with E-state index in [-0.39, 0.29) is 0 Å². The first-order valence-corrected chi connectivity index (χ1v) is 4.18. The summed E-state index contributed by atoms with van der Waals surface area (Å²) in [6.45, 7) is 4.31. The Morgan fingerprint density at radius 3 is 2.92 bits per heavy atom. The van der Waals surface area contributed by atoms with E-state index in [0.717, 1.165) is 18.4 Å². The molecule has 0 bridgehead atoms. The summed E-state index contributed by atoms with van der Waals surface area (Å²) in [5.74, 6) is 1.01. The molecule has 0 N–H and O–H groups in total. The zero-order chi connectivity index (χ0) is 8.97. The van der Waals surface area contributed by atoms with Gasteiger partial charge in [0, 0.05) is 5.56 Å². The third-order valence-corrected chi connectivity index (χ3v) is 1.83. The zero-order valence-corrected chi connectivity index (χ0v) is 7.46. The quantitative estimate of drug-likeness (QED) is 0.685. The van der Waals surface area contributed by atoms with Crippen molar-refractivity contribution in [1.29, 1.82) is 0 Å². The first-order valence-electron chi connectivity index (χ1n) is 4.18. The monoisotopic (exact) mass is 165 g/mol. The van der Waals surface area contributed by atoms with Gasteiger partial charge in [0.2, 0.25) is 0 Å². The fraction of sp³-hybridized carbons (Fsp3) is 0.500. The van der Waals surface area contributed by atoms with E-state index in [1.165, 1.54) is 6.26 Å². The smallest absolute Gasteiger partial charge is 0.272 e. The molecular weight excluding hydrogens is 152 g/mol. The minimum atomic E-state index is 0.357. The summed E-state index contributed by atoms with van der Waals surface area (Å²) in [6.07, 6.45) is 5.30. The van der Waals surface area contributed by atoms with Gasteiger partial charge in [0.25, 0.3) is 6.29 Å². The standard InChI is InChI=1S/C10H13O2/c1-8(2)3-4-9-5-6-12-10(9)7-11/h5-6,8H,3-4H2,1-2H3. The highest BCUT2D eigenvalue weighted by atomic mass is 16.3. The second kappa shape index (κ2) is 4.10. The Labute approximate surface area is 72.6 Å². The van der Waals surface area contributed by atoms with Crippen LogP contribution in [0.25, 0.3) is 0 Å². The Balaban J connectivity index is 2.56. The van der Waals surface area contributed by atoms with Gasteiger partial charge in [-0.3, -0.25) is 4.79 Å². The molecule has 0 atom stereocenters. The summed E-state index contributed by atoms with van der Waals surface area (Å²) in [5, 5.41) is 0. The molecule has 1 heterocycles. The molecule has 0 aliphatic heterocycles. The molecule has 0 fully saturated rings. The first-order chi connectivity index (χ1) is 5.74. The second-order valence-corrected chi connectivity index (χ2v) is 3.31. The lowest BCUT2D eigenvalue weighted by atomic mass is 10.0. The molecule has 0 unspecified atom stereocenters. The number of furan rings is 1. The van der Waals surface area contributed by atoms with Crippen LogP contribution in [-0.4, -0.2) is 6.29 Å². The molecule has 12 heavy (non-hydrogen) atoms. The van der Waals surface area contributed by atoms with Crippen molar-refractivity contribution in [2.45, 2.75) is 26.7 Å². The lowest BCUT2D eigenvalue weighted by molar-refractivity contribution is 0.512. The third-order valence-electron chi connectivity index (χ3n) is 1.83. The van der Waals surface area contributed by atoms with Crippen LogP contribution in [0.5, 0.6) is 0 Å². The van der Waals surface area contributed by atoms with E-state index in [4.69, 9.17) is 4.42 Å². The maximum atomic E-state index is 10.3. The Hall–Kier alpha value is -1.05. The summed E-state index contributed by atoms with van der Waals surface area (Å²) in [6, 6.07) is 1.84. The van der Waals surface area contributed by atoms with Crippen molar-refractivity contribution in [2.75, 3.05) is 0 Å². The van der Waals surface area contributed by atoms with Crippen LogP contribution in [0.1, 0.15) is 31.6 Å².